The molecule has 0 spiro atoms. The predicted octanol–water partition coefficient (Wildman–Crippen LogP) is 4.31. The van der Waals surface area contributed by atoms with Gasteiger partial charge >= 0.3 is 0 Å². The molecule has 2 aromatic rings. The van der Waals surface area contributed by atoms with E-state index in [0.29, 0.717) is 11.1 Å². The van der Waals surface area contributed by atoms with Gasteiger partial charge in [-0.05, 0) is 49.7 Å². The Balaban J connectivity index is 1.99. The van der Waals surface area contributed by atoms with Crippen molar-refractivity contribution in [3.63, 3.8) is 0 Å². The zero-order valence-electron chi connectivity index (χ0n) is 11.4. The molecule has 0 aliphatic carbocycles. The molecule has 0 N–H and O–H groups in total. The first kappa shape index (κ1) is 13.4. The fraction of sp³-hybridized carbons (Fsp3) is 0.235. The van der Waals surface area contributed by atoms with Gasteiger partial charge in [-0.3, -0.25) is 4.79 Å². The van der Waals surface area contributed by atoms with Crippen LogP contribution in [0.3, 0.4) is 0 Å². The Morgan fingerprint density at radius 3 is 2.85 bits per heavy atom. The molecule has 1 aliphatic heterocycles. The van der Waals surface area contributed by atoms with Crippen LogP contribution >= 0.6 is 15.9 Å². The fourth-order valence-electron chi connectivity index (χ4n) is 2.53. The number of hydrogen-bond donors (Lipinski definition) is 0. The summed E-state index contributed by atoms with van der Waals surface area (Å²) in [4.78, 5) is 12.6. The highest BCUT2D eigenvalue weighted by Crippen LogP contribution is 2.30. The molecule has 0 fully saturated rings. The van der Waals surface area contributed by atoms with Crippen molar-refractivity contribution < 1.29 is 9.53 Å². The third kappa shape index (κ3) is 2.38. The van der Waals surface area contributed by atoms with Gasteiger partial charge in [-0.2, -0.15) is 0 Å². The average molecular weight is 331 g/mol. The van der Waals surface area contributed by atoms with E-state index in [2.05, 4.69) is 15.9 Å². The fourth-order valence-corrected chi connectivity index (χ4v) is 2.96. The van der Waals surface area contributed by atoms with Crippen LogP contribution in [0.1, 0.15) is 34.0 Å². The van der Waals surface area contributed by atoms with E-state index in [0.717, 1.165) is 27.8 Å². The summed E-state index contributed by atoms with van der Waals surface area (Å²) in [5.41, 5.74) is 3.62. The third-order valence-corrected chi connectivity index (χ3v) is 4.22. The summed E-state index contributed by atoms with van der Waals surface area (Å²) < 4.78 is 6.50. The van der Waals surface area contributed by atoms with Crippen molar-refractivity contribution >= 4 is 21.7 Å². The van der Waals surface area contributed by atoms with E-state index in [1.165, 1.54) is 0 Å². The molecule has 2 aromatic carbocycles. The second-order valence-electron chi connectivity index (χ2n) is 5.27. The van der Waals surface area contributed by atoms with Gasteiger partial charge in [0.25, 0.3) is 0 Å². The molecule has 3 rings (SSSR count). The Morgan fingerprint density at radius 1 is 1.25 bits per heavy atom. The Bertz CT molecular complexity index is 691. The number of fused-ring (bicyclic) bond motifs is 1. The van der Waals surface area contributed by atoms with Gasteiger partial charge in [0.2, 0.25) is 0 Å². The van der Waals surface area contributed by atoms with Crippen molar-refractivity contribution in [1.29, 1.82) is 0 Å². The molecular weight excluding hydrogens is 316 g/mol. The van der Waals surface area contributed by atoms with Crippen LogP contribution in [0, 0.1) is 6.92 Å². The first-order valence-corrected chi connectivity index (χ1v) is 7.44. The molecule has 0 saturated carbocycles. The summed E-state index contributed by atoms with van der Waals surface area (Å²) in [5, 5.41) is 0. The van der Waals surface area contributed by atoms with Gasteiger partial charge in [0, 0.05) is 22.0 Å². The van der Waals surface area contributed by atoms with E-state index in [4.69, 9.17) is 4.74 Å². The highest BCUT2D eigenvalue weighted by Gasteiger charge is 2.21. The van der Waals surface area contributed by atoms with E-state index in [1.54, 1.807) is 0 Å². The van der Waals surface area contributed by atoms with Crippen LogP contribution in [0.5, 0.6) is 5.75 Å². The maximum atomic E-state index is 12.6. The topological polar surface area (TPSA) is 26.3 Å². The van der Waals surface area contributed by atoms with Gasteiger partial charge in [0.15, 0.2) is 5.78 Å². The van der Waals surface area contributed by atoms with Crippen molar-refractivity contribution in [2.75, 3.05) is 0 Å². The Labute approximate surface area is 126 Å². The second kappa shape index (κ2) is 5.06. The molecule has 102 valence electrons. The number of rotatable bonds is 2. The van der Waals surface area contributed by atoms with Crippen molar-refractivity contribution in [2.24, 2.45) is 0 Å². The Hall–Kier alpha value is -1.61. The van der Waals surface area contributed by atoms with Crippen LogP contribution in [0.15, 0.2) is 40.9 Å². The molecule has 0 radical (unpaired) electrons. The van der Waals surface area contributed by atoms with Crippen LogP contribution in [0.2, 0.25) is 0 Å². The zero-order chi connectivity index (χ0) is 14.3. The molecule has 1 heterocycles. The molecule has 20 heavy (non-hydrogen) atoms. The number of ketones is 1. The van der Waals surface area contributed by atoms with Gasteiger partial charge in [-0.15, -0.1) is 0 Å². The summed E-state index contributed by atoms with van der Waals surface area (Å²) in [5.74, 6) is 0.945. The van der Waals surface area contributed by atoms with Crippen molar-refractivity contribution in [1.82, 2.24) is 0 Å². The summed E-state index contributed by atoms with van der Waals surface area (Å²) >= 11 is 3.45. The van der Waals surface area contributed by atoms with Crippen molar-refractivity contribution in [3.8, 4) is 5.75 Å². The molecular formula is C17H15BrO2. The maximum Gasteiger partial charge on any atom is 0.194 e. The van der Waals surface area contributed by atoms with Gasteiger partial charge < -0.3 is 4.74 Å². The SMILES string of the molecule is Cc1ccc(Br)c(C(=O)c2ccc3c(c2)CC(C)O3)c1. The minimum Gasteiger partial charge on any atom is -0.490 e. The minimum atomic E-state index is 0.0444. The lowest BCUT2D eigenvalue weighted by Gasteiger charge is -2.07. The normalized spacial score (nSPS) is 16.6. The number of carbonyl (C=O) groups excluding carboxylic acids is 1. The highest BCUT2D eigenvalue weighted by atomic mass is 79.9. The van der Waals surface area contributed by atoms with E-state index >= 15 is 0 Å². The summed E-state index contributed by atoms with van der Waals surface area (Å²) in [6.45, 7) is 4.03. The van der Waals surface area contributed by atoms with Gasteiger partial charge in [-0.25, -0.2) is 0 Å². The smallest absolute Gasteiger partial charge is 0.194 e. The average Bonchev–Trinajstić information content (AvgIpc) is 2.79. The number of ether oxygens (including phenoxy) is 1. The summed E-state index contributed by atoms with van der Waals surface area (Å²) in [7, 11) is 0. The molecule has 0 saturated heterocycles. The Kier molecular flexibility index (Phi) is 3.38. The van der Waals surface area contributed by atoms with Crippen LogP contribution < -0.4 is 4.74 Å². The second-order valence-corrected chi connectivity index (χ2v) is 6.12. The summed E-state index contributed by atoms with van der Waals surface area (Å²) in [6.07, 6.45) is 1.06. The van der Waals surface area contributed by atoms with E-state index in [-0.39, 0.29) is 11.9 Å². The number of halogens is 1. The molecule has 0 aromatic heterocycles. The minimum absolute atomic E-state index is 0.0444. The predicted molar refractivity (Wildman–Crippen MR) is 82.5 cm³/mol. The molecule has 1 aliphatic rings. The Morgan fingerprint density at radius 2 is 2.05 bits per heavy atom. The largest absolute Gasteiger partial charge is 0.490 e. The van der Waals surface area contributed by atoms with Crippen LogP contribution in [0.25, 0.3) is 0 Å². The van der Waals surface area contributed by atoms with Crippen LogP contribution in [-0.2, 0) is 6.42 Å². The molecule has 2 nitrogen and oxygen atoms in total. The van der Waals surface area contributed by atoms with Gasteiger partial charge in [0.05, 0.1) is 0 Å². The maximum absolute atomic E-state index is 12.6. The number of hydrogen-bond acceptors (Lipinski definition) is 2. The van der Waals surface area contributed by atoms with Crippen molar-refractivity contribution in [3.05, 3.63) is 63.1 Å². The monoisotopic (exact) mass is 330 g/mol. The standard InChI is InChI=1S/C17H15BrO2/c1-10-3-5-15(18)14(7-10)17(19)12-4-6-16-13(9-12)8-11(2)20-16/h3-7,9,11H,8H2,1-2H3. The molecule has 1 atom stereocenters. The van der Waals surface area contributed by atoms with Gasteiger partial charge in [0.1, 0.15) is 11.9 Å². The number of aryl methyl sites for hydroxylation is 1. The lowest BCUT2D eigenvalue weighted by Crippen LogP contribution is -2.05. The summed E-state index contributed by atoms with van der Waals surface area (Å²) in [6, 6.07) is 11.5. The lowest BCUT2D eigenvalue weighted by atomic mass is 9.99. The molecule has 0 bridgehead atoms. The van der Waals surface area contributed by atoms with Gasteiger partial charge in [-0.1, -0.05) is 27.6 Å². The van der Waals surface area contributed by atoms with E-state index < -0.39 is 0 Å². The van der Waals surface area contributed by atoms with E-state index in [1.807, 2.05) is 50.2 Å². The molecule has 0 amide bonds. The van der Waals surface area contributed by atoms with Crippen molar-refractivity contribution in [2.45, 2.75) is 26.4 Å². The first-order chi connectivity index (χ1) is 9.54. The third-order valence-electron chi connectivity index (χ3n) is 3.52. The van der Waals surface area contributed by atoms with Crippen LogP contribution in [0.4, 0.5) is 0 Å². The molecule has 1 unspecified atom stereocenters. The van der Waals surface area contributed by atoms with Crippen LogP contribution in [-0.4, -0.2) is 11.9 Å². The quantitative estimate of drug-likeness (QED) is 0.767. The highest BCUT2D eigenvalue weighted by molar-refractivity contribution is 9.10. The lowest BCUT2D eigenvalue weighted by molar-refractivity contribution is 0.103. The molecule has 3 heteroatoms. The first-order valence-electron chi connectivity index (χ1n) is 6.65. The number of carbonyl (C=O) groups is 1. The zero-order valence-corrected chi connectivity index (χ0v) is 13.0. The van der Waals surface area contributed by atoms with E-state index in [9.17, 15) is 4.79 Å². The number of benzene rings is 2.